The highest BCUT2D eigenvalue weighted by Crippen LogP contribution is 2.35. The first-order chi connectivity index (χ1) is 20.2. The van der Waals surface area contributed by atoms with Crippen LogP contribution in [-0.4, -0.2) is 9.97 Å². The van der Waals surface area contributed by atoms with Crippen LogP contribution in [0.5, 0.6) is 0 Å². The van der Waals surface area contributed by atoms with E-state index in [1.165, 1.54) is 0 Å². The summed E-state index contributed by atoms with van der Waals surface area (Å²) in [4.78, 5) is 11.8. The summed E-state index contributed by atoms with van der Waals surface area (Å²) in [6.45, 7) is 7.23. The van der Waals surface area contributed by atoms with Gasteiger partial charge in [-0.3, -0.25) is 9.97 Å². The molecule has 3 aromatic heterocycles. The van der Waals surface area contributed by atoms with Gasteiger partial charge >= 0.3 is 0 Å². The van der Waals surface area contributed by atoms with Gasteiger partial charge in [0.1, 0.15) is 17.2 Å². The lowest BCUT2D eigenvalue weighted by atomic mass is 9.99. The van der Waals surface area contributed by atoms with Crippen molar-refractivity contribution in [1.29, 1.82) is 5.26 Å². The molecule has 4 aromatic carbocycles. The summed E-state index contributed by atoms with van der Waals surface area (Å²) in [6.07, 6.45) is 6.68. The van der Waals surface area contributed by atoms with Gasteiger partial charge in [-0.05, 0) is 75.3 Å². The van der Waals surface area contributed by atoms with Crippen molar-refractivity contribution in [3.8, 4) is 50.6 Å². The maximum atomic E-state index is 9.17. The van der Waals surface area contributed by atoms with Crippen LogP contribution in [0.3, 0.4) is 0 Å². The monoisotopic (exact) mass is 524 g/mol. The summed E-state index contributed by atoms with van der Waals surface area (Å²) in [6, 6.07) is 35.0. The lowest BCUT2D eigenvalue weighted by molar-refractivity contribution is 0.669. The Morgan fingerprint density at radius 1 is 0.537 bits per heavy atom. The van der Waals surface area contributed by atoms with E-state index < -0.39 is 0 Å². The molecule has 41 heavy (non-hydrogen) atoms. The highest BCUT2D eigenvalue weighted by molar-refractivity contribution is 6.07. The maximum Gasteiger partial charge on any atom is 0.205 e. The third kappa shape index (κ3) is 4.48. The minimum absolute atomic E-state index is 0.530. The van der Waals surface area contributed by atoms with Crippen LogP contribution in [0, 0.1) is 17.9 Å². The standard InChI is InChI=1S/C36H20N4O/c1-38-32-15-31(21-40-22-32)27-8-4-25(5-9-27)29-11-13-34-33-12-10-28(16-35(33)41-36(34)17-29)24-2-6-26(7-3-24)30-14-23(18-37)19-39-20-30/h2-17,19-22H. The van der Waals surface area contributed by atoms with Gasteiger partial charge in [-0.2, -0.15) is 5.26 Å². The third-order valence-corrected chi connectivity index (χ3v) is 7.30. The molecule has 7 aromatic rings. The zero-order valence-corrected chi connectivity index (χ0v) is 21.7. The Balaban J connectivity index is 1.18. The fourth-order valence-corrected chi connectivity index (χ4v) is 5.15. The lowest BCUT2D eigenvalue weighted by Gasteiger charge is -2.05. The van der Waals surface area contributed by atoms with Crippen molar-refractivity contribution in [2.75, 3.05) is 0 Å². The zero-order valence-electron chi connectivity index (χ0n) is 21.7. The Bertz CT molecular complexity index is 2010. The smallest absolute Gasteiger partial charge is 0.205 e. The molecule has 0 aliphatic rings. The molecule has 7 rings (SSSR count). The van der Waals surface area contributed by atoms with Gasteiger partial charge < -0.3 is 4.42 Å². The van der Waals surface area contributed by atoms with Gasteiger partial charge in [0.05, 0.1) is 12.1 Å². The third-order valence-electron chi connectivity index (χ3n) is 7.30. The van der Waals surface area contributed by atoms with Crippen LogP contribution in [0.25, 0.3) is 71.3 Å². The van der Waals surface area contributed by atoms with E-state index in [0.29, 0.717) is 11.3 Å². The second kappa shape index (κ2) is 9.93. The fourth-order valence-electron chi connectivity index (χ4n) is 5.15. The van der Waals surface area contributed by atoms with Crippen LogP contribution in [-0.2, 0) is 0 Å². The van der Waals surface area contributed by atoms with Gasteiger partial charge in [-0.25, -0.2) is 4.85 Å². The number of pyridine rings is 2. The van der Waals surface area contributed by atoms with E-state index in [2.05, 4.69) is 93.7 Å². The molecule has 0 fully saturated rings. The first kappa shape index (κ1) is 24.0. The molecule has 0 radical (unpaired) electrons. The van der Waals surface area contributed by atoms with E-state index in [4.69, 9.17) is 16.3 Å². The molecular formula is C36H20N4O. The Hall–Kier alpha value is -6.04. The maximum absolute atomic E-state index is 9.17. The first-order valence-electron chi connectivity index (χ1n) is 13.0. The highest BCUT2D eigenvalue weighted by Gasteiger charge is 2.11. The largest absolute Gasteiger partial charge is 0.456 e. The SMILES string of the molecule is [C-]#[N+]c1cncc(-c2ccc(-c3ccc4c(c3)oc3cc(-c5ccc(-c6cncc(C#N)c6)cc5)ccc34)cc2)c1. The molecule has 0 bridgehead atoms. The average Bonchev–Trinajstić information content (AvgIpc) is 3.42. The molecule has 0 unspecified atom stereocenters. The molecule has 190 valence electrons. The number of hydrogen-bond donors (Lipinski definition) is 0. The van der Waals surface area contributed by atoms with Crippen molar-refractivity contribution >= 4 is 27.6 Å². The second-order valence-corrected chi connectivity index (χ2v) is 9.80. The summed E-state index contributed by atoms with van der Waals surface area (Å²) in [5.41, 5.74) is 10.9. The van der Waals surface area contributed by atoms with Gasteiger partial charge in [0.25, 0.3) is 0 Å². The van der Waals surface area contributed by atoms with E-state index >= 15 is 0 Å². The number of nitrogens with zero attached hydrogens (tertiary/aromatic N) is 4. The Morgan fingerprint density at radius 3 is 1.51 bits per heavy atom. The van der Waals surface area contributed by atoms with Crippen molar-refractivity contribution in [1.82, 2.24) is 9.97 Å². The summed E-state index contributed by atoms with van der Waals surface area (Å²) < 4.78 is 6.34. The molecule has 5 nitrogen and oxygen atoms in total. The summed E-state index contributed by atoms with van der Waals surface area (Å²) in [5, 5.41) is 11.3. The summed E-state index contributed by atoms with van der Waals surface area (Å²) >= 11 is 0. The molecule has 0 aliphatic heterocycles. The minimum Gasteiger partial charge on any atom is -0.456 e. The van der Waals surface area contributed by atoms with Gasteiger partial charge in [-0.1, -0.05) is 60.7 Å². The molecule has 0 aliphatic carbocycles. The molecule has 0 saturated heterocycles. The molecule has 0 atom stereocenters. The zero-order chi connectivity index (χ0) is 27.8. The van der Waals surface area contributed by atoms with Gasteiger partial charge in [0, 0.05) is 41.1 Å². The summed E-state index contributed by atoms with van der Waals surface area (Å²) in [7, 11) is 0. The Labute approximate surface area is 236 Å². The predicted octanol–water partition coefficient (Wildman–Crippen LogP) is 9.47. The number of nitriles is 1. The van der Waals surface area contributed by atoms with E-state index in [9.17, 15) is 0 Å². The number of fused-ring (bicyclic) bond motifs is 3. The molecule has 5 heteroatoms. The normalized spacial score (nSPS) is 10.9. The van der Waals surface area contributed by atoms with Gasteiger partial charge in [-0.15, -0.1) is 0 Å². The number of furan rings is 1. The highest BCUT2D eigenvalue weighted by atomic mass is 16.3. The Morgan fingerprint density at radius 2 is 1.00 bits per heavy atom. The molecule has 0 N–H and O–H groups in total. The second-order valence-electron chi connectivity index (χ2n) is 9.80. The number of rotatable bonds is 4. The van der Waals surface area contributed by atoms with Crippen LogP contribution < -0.4 is 0 Å². The van der Waals surface area contributed by atoms with Crippen LogP contribution in [0.15, 0.2) is 126 Å². The van der Waals surface area contributed by atoms with Crippen LogP contribution in [0.4, 0.5) is 5.69 Å². The first-order valence-corrected chi connectivity index (χ1v) is 13.0. The summed E-state index contributed by atoms with van der Waals surface area (Å²) in [5.74, 6) is 0. The molecule has 0 spiro atoms. The minimum atomic E-state index is 0.530. The van der Waals surface area contributed by atoms with Crippen molar-refractivity contribution < 1.29 is 4.42 Å². The van der Waals surface area contributed by atoms with Crippen molar-refractivity contribution in [2.24, 2.45) is 0 Å². The topological polar surface area (TPSA) is 67.1 Å². The van der Waals surface area contributed by atoms with Crippen molar-refractivity contribution in [3.63, 3.8) is 0 Å². The van der Waals surface area contributed by atoms with E-state index in [1.807, 2.05) is 24.3 Å². The van der Waals surface area contributed by atoms with Crippen LogP contribution in [0.2, 0.25) is 0 Å². The number of aromatic nitrogens is 2. The molecule has 0 saturated carbocycles. The van der Waals surface area contributed by atoms with Gasteiger partial charge in [0.2, 0.25) is 5.69 Å². The fraction of sp³-hybridized carbons (Fsp3) is 0. The average molecular weight is 525 g/mol. The number of benzene rings is 4. The van der Waals surface area contributed by atoms with Crippen molar-refractivity contribution in [3.05, 3.63) is 139 Å². The quantitative estimate of drug-likeness (QED) is 0.215. The molecule has 3 heterocycles. The molecular weight excluding hydrogens is 504 g/mol. The predicted molar refractivity (Wildman–Crippen MR) is 162 cm³/mol. The van der Waals surface area contributed by atoms with E-state index in [0.717, 1.165) is 66.4 Å². The van der Waals surface area contributed by atoms with E-state index in [1.54, 1.807) is 24.8 Å². The van der Waals surface area contributed by atoms with Crippen LogP contribution >= 0.6 is 0 Å². The van der Waals surface area contributed by atoms with E-state index in [-0.39, 0.29) is 0 Å². The number of hydrogen-bond acceptors (Lipinski definition) is 4. The lowest BCUT2D eigenvalue weighted by Crippen LogP contribution is -1.84. The van der Waals surface area contributed by atoms with Crippen molar-refractivity contribution in [2.45, 2.75) is 0 Å². The Kier molecular flexibility index (Phi) is 5.82. The van der Waals surface area contributed by atoms with Crippen LogP contribution in [0.1, 0.15) is 5.56 Å². The molecule has 0 amide bonds. The van der Waals surface area contributed by atoms with Gasteiger partial charge in [0.15, 0.2) is 0 Å².